The molecule has 16 heavy (non-hydrogen) atoms. The molecule has 4 heteroatoms. The van der Waals surface area contributed by atoms with Gasteiger partial charge < -0.3 is 5.73 Å². The van der Waals surface area contributed by atoms with Crippen LogP contribution in [0.1, 0.15) is 18.1 Å². The van der Waals surface area contributed by atoms with Gasteiger partial charge in [-0.25, -0.2) is 0 Å². The molecule has 0 bridgehead atoms. The van der Waals surface area contributed by atoms with Gasteiger partial charge in [0.25, 0.3) is 0 Å². The number of nitrogens with zero attached hydrogens (tertiary/aromatic N) is 2. The lowest BCUT2D eigenvalue weighted by Crippen LogP contribution is -2.34. The standard InChI is InChI=1S/C12H14ClN3/c1-12(14,9-7-15-16(2)8-9)10-5-3-4-6-11(10)13/h3-8H,14H2,1-2H3. The first-order chi connectivity index (χ1) is 7.51. The monoisotopic (exact) mass is 235 g/mol. The van der Waals surface area contributed by atoms with Gasteiger partial charge in [0.15, 0.2) is 0 Å². The summed E-state index contributed by atoms with van der Waals surface area (Å²) in [6.07, 6.45) is 3.67. The van der Waals surface area contributed by atoms with Crippen molar-refractivity contribution >= 4 is 11.6 Å². The Morgan fingerprint density at radius 1 is 1.38 bits per heavy atom. The SMILES string of the molecule is Cn1cc(C(C)(N)c2ccccc2Cl)cn1. The number of halogens is 1. The van der Waals surface area contributed by atoms with Crippen molar-refractivity contribution in [1.82, 2.24) is 9.78 Å². The summed E-state index contributed by atoms with van der Waals surface area (Å²) in [5, 5.41) is 4.81. The Balaban J connectivity index is 2.50. The third kappa shape index (κ3) is 1.84. The summed E-state index contributed by atoms with van der Waals surface area (Å²) < 4.78 is 1.73. The molecule has 0 aliphatic rings. The van der Waals surface area contributed by atoms with Crippen molar-refractivity contribution < 1.29 is 0 Å². The molecule has 1 heterocycles. The Labute approximate surface area is 99.8 Å². The van der Waals surface area contributed by atoms with Crippen molar-refractivity contribution in [3.8, 4) is 0 Å². The molecule has 2 rings (SSSR count). The van der Waals surface area contributed by atoms with Gasteiger partial charge in [0.2, 0.25) is 0 Å². The van der Waals surface area contributed by atoms with E-state index < -0.39 is 5.54 Å². The van der Waals surface area contributed by atoms with Crippen LogP contribution in [-0.4, -0.2) is 9.78 Å². The normalized spacial score (nSPS) is 14.8. The number of aryl methyl sites for hydroxylation is 1. The summed E-state index contributed by atoms with van der Waals surface area (Å²) in [7, 11) is 1.87. The van der Waals surface area contributed by atoms with E-state index in [0.717, 1.165) is 11.1 Å². The Kier molecular flexibility index (Phi) is 2.74. The lowest BCUT2D eigenvalue weighted by molar-refractivity contribution is 0.602. The van der Waals surface area contributed by atoms with Gasteiger partial charge in [-0.3, -0.25) is 4.68 Å². The minimum atomic E-state index is -0.618. The molecule has 0 amide bonds. The van der Waals surface area contributed by atoms with Crippen molar-refractivity contribution in [3.05, 3.63) is 52.8 Å². The van der Waals surface area contributed by atoms with Gasteiger partial charge >= 0.3 is 0 Å². The van der Waals surface area contributed by atoms with Crippen LogP contribution in [0.3, 0.4) is 0 Å². The fourth-order valence-electron chi connectivity index (χ4n) is 1.73. The van der Waals surface area contributed by atoms with Crippen LogP contribution < -0.4 is 5.73 Å². The fourth-order valence-corrected chi connectivity index (χ4v) is 2.06. The third-order valence-corrected chi connectivity index (χ3v) is 3.07. The van der Waals surface area contributed by atoms with Gasteiger partial charge in [-0.2, -0.15) is 5.10 Å². The van der Waals surface area contributed by atoms with E-state index in [4.69, 9.17) is 17.3 Å². The van der Waals surface area contributed by atoms with Crippen molar-refractivity contribution in [1.29, 1.82) is 0 Å². The molecule has 0 fully saturated rings. The number of hydrogen-bond acceptors (Lipinski definition) is 2. The molecule has 1 aromatic heterocycles. The molecule has 1 aromatic carbocycles. The van der Waals surface area contributed by atoms with E-state index in [-0.39, 0.29) is 0 Å². The number of hydrogen-bond donors (Lipinski definition) is 1. The van der Waals surface area contributed by atoms with E-state index >= 15 is 0 Å². The Hall–Kier alpha value is -1.32. The lowest BCUT2D eigenvalue weighted by Gasteiger charge is -2.24. The molecule has 0 aliphatic carbocycles. The summed E-state index contributed by atoms with van der Waals surface area (Å²) in [6, 6.07) is 7.61. The second kappa shape index (κ2) is 3.92. The first-order valence-corrected chi connectivity index (χ1v) is 5.42. The van der Waals surface area contributed by atoms with Crippen LogP contribution >= 0.6 is 11.6 Å². The molecule has 1 atom stereocenters. The predicted molar refractivity (Wildman–Crippen MR) is 65.3 cm³/mol. The maximum absolute atomic E-state index is 6.34. The van der Waals surface area contributed by atoms with E-state index in [1.807, 2.05) is 44.4 Å². The summed E-state index contributed by atoms with van der Waals surface area (Å²) in [5.74, 6) is 0. The Bertz CT molecular complexity index is 502. The van der Waals surface area contributed by atoms with Crippen LogP contribution in [0.4, 0.5) is 0 Å². The molecule has 2 N–H and O–H groups in total. The van der Waals surface area contributed by atoms with E-state index in [1.165, 1.54) is 0 Å². The highest BCUT2D eigenvalue weighted by molar-refractivity contribution is 6.31. The van der Waals surface area contributed by atoms with Crippen molar-refractivity contribution in [2.75, 3.05) is 0 Å². The van der Waals surface area contributed by atoms with Gasteiger partial charge in [-0.05, 0) is 18.6 Å². The van der Waals surface area contributed by atoms with E-state index in [1.54, 1.807) is 10.9 Å². The first kappa shape index (κ1) is 11.2. The fraction of sp³-hybridized carbons (Fsp3) is 0.250. The van der Waals surface area contributed by atoms with Crippen molar-refractivity contribution in [2.45, 2.75) is 12.5 Å². The second-order valence-corrected chi connectivity index (χ2v) is 4.49. The van der Waals surface area contributed by atoms with E-state index in [9.17, 15) is 0 Å². The topological polar surface area (TPSA) is 43.8 Å². The largest absolute Gasteiger partial charge is 0.318 e. The molecule has 0 saturated heterocycles. The summed E-state index contributed by atoms with van der Waals surface area (Å²) >= 11 is 6.16. The van der Waals surface area contributed by atoms with Gasteiger partial charge in [0.1, 0.15) is 0 Å². The van der Waals surface area contributed by atoms with Crippen LogP contribution in [-0.2, 0) is 12.6 Å². The summed E-state index contributed by atoms with van der Waals surface area (Å²) in [4.78, 5) is 0. The Morgan fingerprint density at radius 2 is 2.06 bits per heavy atom. The summed E-state index contributed by atoms with van der Waals surface area (Å²) in [5.41, 5.74) is 7.57. The van der Waals surface area contributed by atoms with Crippen LogP contribution in [0.2, 0.25) is 5.02 Å². The molecule has 3 nitrogen and oxygen atoms in total. The average Bonchev–Trinajstić information content (AvgIpc) is 2.66. The molecule has 84 valence electrons. The van der Waals surface area contributed by atoms with Gasteiger partial charge in [0, 0.05) is 23.8 Å². The minimum Gasteiger partial charge on any atom is -0.318 e. The van der Waals surface area contributed by atoms with Crippen LogP contribution in [0, 0.1) is 0 Å². The van der Waals surface area contributed by atoms with Gasteiger partial charge in [-0.15, -0.1) is 0 Å². The number of benzene rings is 1. The smallest absolute Gasteiger partial charge is 0.0682 e. The van der Waals surface area contributed by atoms with E-state index in [2.05, 4.69) is 5.10 Å². The minimum absolute atomic E-state index is 0.618. The third-order valence-electron chi connectivity index (χ3n) is 2.74. The van der Waals surface area contributed by atoms with E-state index in [0.29, 0.717) is 5.02 Å². The molecular weight excluding hydrogens is 222 g/mol. The van der Waals surface area contributed by atoms with Crippen LogP contribution in [0.15, 0.2) is 36.7 Å². The molecule has 1 unspecified atom stereocenters. The molecule has 0 aliphatic heterocycles. The first-order valence-electron chi connectivity index (χ1n) is 5.05. The van der Waals surface area contributed by atoms with Crippen molar-refractivity contribution in [3.63, 3.8) is 0 Å². The average molecular weight is 236 g/mol. The zero-order chi connectivity index (χ0) is 11.8. The second-order valence-electron chi connectivity index (χ2n) is 4.08. The van der Waals surface area contributed by atoms with Crippen LogP contribution in [0.25, 0.3) is 0 Å². The maximum atomic E-state index is 6.34. The zero-order valence-corrected chi connectivity index (χ0v) is 10.1. The highest BCUT2D eigenvalue weighted by atomic mass is 35.5. The maximum Gasteiger partial charge on any atom is 0.0682 e. The number of rotatable bonds is 2. The van der Waals surface area contributed by atoms with Crippen molar-refractivity contribution in [2.24, 2.45) is 12.8 Å². The predicted octanol–water partition coefficient (Wildman–Crippen LogP) is 2.30. The molecular formula is C12H14ClN3. The van der Waals surface area contributed by atoms with Gasteiger partial charge in [-0.1, -0.05) is 29.8 Å². The summed E-state index contributed by atoms with van der Waals surface area (Å²) in [6.45, 7) is 1.94. The highest BCUT2D eigenvalue weighted by Gasteiger charge is 2.27. The van der Waals surface area contributed by atoms with Gasteiger partial charge in [0.05, 0.1) is 11.7 Å². The molecule has 2 aromatic rings. The van der Waals surface area contributed by atoms with Crippen LogP contribution in [0.5, 0.6) is 0 Å². The molecule has 0 spiro atoms. The number of aromatic nitrogens is 2. The zero-order valence-electron chi connectivity index (χ0n) is 9.31. The molecule has 0 radical (unpaired) electrons. The molecule has 0 saturated carbocycles. The number of nitrogens with two attached hydrogens (primary N) is 1. The quantitative estimate of drug-likeness (QED) is 0.868. The lowest BCUT2D eigenvalue weighted by atomic mass is 9.88. The Morgan fingerprint density at radius 3 is 2.62 bits per heavy atom. The highest BCUT2D eigenvalue weighted by Crippen LogP contribution is 2.31.